The standard InChI is InChI=1S/C21H17BrClFN2O4S/c1-13-2-5-15(6-3-13)26-31(28,29)16-7-9-20(17(23)11-16)30-12-21(27)25-19-8-4-14(22)10-18(19)24/h2-11,26H,12H2,1H3,(H,25,27). The Morgan fingerprint density at radius 3 is 2.45 bits per heavy atom. The summed E-state index contributed by atoms with van der Waals surface area (Å²) in [6.07, 6.45) is 0. The maximum absolute atomic E-state index is 13.8. The lowest BCUT2D eigenvalue weighted by Gasteiger charge is -2.12. The van der Waals surface area contributed by atoms with Crippen molar-refractivity contribution in [2.24, 2.45) is 0 Å². The SMILES string of the molecule is Cc1ccc(NS(=O)(=O)c2ccc(OCC(=O)Nc3ccc(Br)cc3F)c(Cl)c2)cc1. The molecule has 10 heteroatoms. The van der Waals surface area contributed by atoms with E-state index in [0.717, 1.165) is 5.56 Å². The van der Waals surface area contributed by atoms with Gasteiger partial charge in [0.2, 0.25) is 0 Å². The molecule has 0 fully saturated rings. The molecule has 0 atom stereocenters. The van der Waals surface area contributed by atoms with E-state index < -0.39 is 28.4 Å². The van der Waals surface area contributed by atoms with Gasteiger partial charge in [-0.15, -0.1) is 0 Å². The zero-order valence-electron chi connectivity index (χ0n) is 16.2. The molecule has 2 N–H and O–H groups in total. The first-order valence-electron chi connectivity index (χ1n) is 8.91. The van der Waals surface area contributed by atoms with Crippen LogP contribution in [0.4, 0.5) is 15.8 Å². The molecular formula is C21H17BrClFN2O4S. The molecule has 0 aromatic heterocycles. The van der Waals surface area contributed by atoms with E-state index in [-0.39, 0.29) is 21.4 Å². The van der Waals surface area contributed by atoms with Gasteiger partial charge < -0.3 is 10.1 Å². The minimum Gasteiger partial charge on any atom is -0.482 e. The van der Waals surface area contributed by atoms with E-state index in [1.165, 1.54) is 30.3 Å². The van der Waals surface area contributed by atoms with Gasteiger partial charge in [0, 0.05) is 10.2 Å². The lowest BCUT2D eigenvalue weighted by molar-refractivity contribution is -0.118. The number of anilines is 2. The van der Waals surface area contributed by atoms with Crippen LogP contribution in [0.3, 0.4) is 0 Å². The quantitative estimate of drug-likeness (QED) is 0.433. The van der Waals surface area contributed by atoms with Crippen molar-refractivity contribution in [3.8, 4) is 5.75 Å². The highest BCUT2D eigenvalue weighted by Gasteiger charge is 2.17. The summed E-state index contributed by atoms with van der Waals surface area (Å²) in [6, 6.07) is 15.0. The highest BCUT2D eigenvalue weighted by molar-refractivity contribution is 9.10. The monoisotopic (exact) mass is 526 g/mol. The Hall–Kier alpha value is -2.62. The molecule has 0 unspecified atom stereocenters. The molecule has 0 spiro atoms. The van der Waals surface area contributed by atoms with E-state index in [9.17, 15) is 17.6 Å². The minimum atomic E-state index is -3.86. The predicted octanol–water partition coefficient (Wildman–Crippen LogP) is 5.37. The molecule has 162 valence electrons. The number of benzene rings is 3. The number of halogens is 3. The second-order valence-electron chi connectivity index (χ2n) is 6.52. The van der Waals surface area contributed by atoms with Gasteiger partial charge in [-0.3, -0.25) is 9.52 Å². The van der Waals surface area contributed by atoms with Crippen LogP contribution >= 0.6 is 27.5 Å². The molecule has 3 aromatic rings. The highest BCUT2D eigenvalue weighted by Crippen LogP contribution is 2.28. The molecule has 0 saturated heterocycles. The maximum Gasteiger partial charge on any atom is 0.262 e. The topological polar surface area (TPSA) is 84.5 Å². The molecular weight excluding hydrogens is 511 g/mol. The van der Waals surface area contributed by atoms with Crippen LogP contribution in [-0.4, -0.2) is 20.9 Å². The molecule has 0 aliphatic carbocycles. The summed E-state index contributed by atoms with van der Waals surface area (Å²) in [5, 5.41) is 2.39. The first kappa shape index (κ1) is 23.1. The van der Waals surface area contributed by atoms with E-state index in [1.807, 2.05) is 6.92 Å². The summed E-state index contributed by atoms with van der Waals surface area (Å²) in [7, 11) is -3.86. The fourth-order valence-electron chi connectivity index (χ4n) is 2.52. The van der Waals surface area contributed by atoms with E-state index in [4.69, 9.17) is 16.3 Å². The molecule has 3 rings (SSSR count). The van der Waals surface area contributed by atoms with E-state index >= 15 is 0 Å². The Morgan fingerprint density at radius 1 is 1.10 bits per heavy atom. The first-order valence-corrected chi connectivity index (χ1v) is 11.6. The Balaban J connectivity index is 1.64. The van der Waals surface area contributed by atoms with Crippen molar-refractivity contribution in [1.29, 1.82) is 0 Å². The summed E-state index contributed by atoms with van der Waals surface area (Å²) in [4.78, 5) is 12.0. The van der Waals surface area contributed by atoms with Crippen molar-refractivity contribution >= 4 is 54.8 Å². The van der Waals surface area contributed by atoms with Crippen LogP contribution in [0.1, 0.15) is 5.56 Å². The molecule has 6 nitrogen and oxygen atoms in total. The molecule has 31 heavy (non-hydrogen) atoms. The van der Waals surface area contributed by atoms with E-state index in [1.54, 1.807) is 30.3 Å². The van der Waals surface area contributed by atoms with Gasteiger partial charge in [0.05, 0.1) is 15.6 Å². The Bertz CT molecular complexity index is 1220. The summed E-state index contributed by atoms with van der Waals surface area (Å²) in [6.45, 7) is 1.45. The number of carbonyl (C=O) groups excluding carboxylic acids is 1. The molecule has 1 amide bonds. The zero-order chi connectivity index (χ0) is 22.6. The fraction of sp³-hybridized carbons (Fsp3) is 0.0952. The number of carbonyl (C=O) groups is 1. The predicted molar refractivity (Wildman–Crippen MR) is 122 cm³/mol. The second-order valence-corrected chi connectivity index (χ2v) is 9.53. The maximum atomic E-state index is 13.8. The van der Waals surface area contributed by atoms with Crippen LogP contribution in [0.15, 0.2) is 70.0 Å². The number of amides is 1. The largest absolute Gasteiger partial charge is 0.482 e. The normalized spacial score (nSPS) is 11.1. The van der Waals surface area contributed by atoms with Crippen LogP contribution in [0.5, 0.6) is 5.75 Å². The number of nitrogens with one attached hydrogen (secondary N) is 2. The third-order valence-electron chi connectivity index (χ3n) is 4.08. The van der Waals surface area contributed by atoms with Crippen LogP contribution in [-0.2, 0) is 14.8 Å². The molecule has 3 aromatic carbocycles. The van der Waals surface area contributed by atoms with E-state index in [0.29, 0.717) is 10.2 Å². The van der Waals surface area contributed by atoms with Gasteiger partial charge in [-0.25, -0.2) is 12.8 Å². The number of aryl methyl sites for hydroxylation is 1. The van der Waals surface area contributed by atoms with Crippen molar-refractivity contribution in [3.63, 3.8) is 0 Å². The summed E-state index contributed by atoms with van der Waals surface area (Å²) in [5.41, 5.74) is 1.42. The van der Waals surface area contributed by atoms with Crippen LogP contribution in [0, 0.1) is 12.7 Å². The lowest BCUT2D eigenvalue weighted by Crippen LogP contribution is -2.21. The van der Waals surface area contributed by atoms with Crippen LogP contribution in [0.2, 0.25) is 5.02 Å². The number of hydrogen-bond donors (Lipinski definition) is 2. The summed E-state index contributed by atoms with van der Waals surface area (Å²) in [5.74, 6) is -1.09. The van der Waals surface area contributed by atoms with Gasteiger partial charge in [0.25, 0.3) is 15.9 Å². The van der Waals surface area contributed by atoms with Crippen molar-refractivity contribution < 1.29 is 22.3 Å². The summed E-state index contributed by atoms with van der Waals surface area (Å²) < 4.78 is 47.3. The number of sulfonamides is 1. The van der Waals surface area contributed by atoms with Gasteiger partial charge in [0.15, 0.2) is 6.61 Å². The average molecular weight is 528 g/mol. The van der Waals surface area contributed by atoms with Crippen LogP contribution in [0.25, 0.3) is 0 Å². The molecule has 0 aliphatic heterocycles. The van der Waals surface area contributed by atoms with Gasteiger partial charge in [-0.05, 0) is 55.5 Å². The van der Waals surface area contributed by atoms with Gasteiger partial charge in [0.1, 0.15) is 11.6 Å². The Morgan fingerprint density at radius 2 is 1.81 bits per heavy atom. The van der Waals surface area contributed by atoms with Crippen molar-refractivity contribution in [2.75, 3.05) is 16.6 Å². The number of ether oxygens (including phenoxy) is 1. The highest BCUT2D eigenvalue weighted by atomic mass is 79.9. The fourth-order valence-corrected chi connectivity index (χ4v) is 4.24. The van der Waals surface area contributed by atoms with Crippen molar-refractivity contribution in [1.82, 2.24) is 0 Å². The third-order valence-corrected chi connectivity index (χ3v) is 6.25. The smallest absolute Gasteiger partial charge is 0.262 e. The second kappa shape index (κ2) is 9.67. The zero-order valence-corrected chi connectivity index (χ0v) is 19.3. The van der Waals surface area contributed by atoms with E-state index in [2.05, 4.69) is 26.0 Å². The lowest BCUT2D eigenvalue weighted by atomic mass is 10.2. The third kappa shape index (κ3) is 6.19. The molecule has 0 aliphatic rings. The van der Waals surface area contributed by atoms with Gasteiger partial charge in [-0.2, -0.15) is 0 Å². The van der Waals surface area contributed by atoms with Crippen molar-refractivity contribution in [2.45, 2.75) is 11.8 Å². The molecule has 0 radical (unpaired) electrons. The van der Waals surface area contributed by atoms with Gasteiger partial charge >= 0.3 is 0 Å². The summed E-state index contributed by atoms with van der Waals surface area (Å²) >= 11 is 9.26. The van der Waals surface area contributed by atoms with Gasteiger partial charge in [-0.1, -0.05) is 45.2 Å². The minimum absolute atomic E-state index is 0.00604. The number of rotatable bonds is 7. The van der Waals surface area contributed by atoms with Crippen LogP contribution < -0.4 is 14.8 Å². The average Bonchev–Trinajstić information content (AvgIpc) is 2.70. The molecule has 0 bridgehead atoms. The first-order chi connectivity index (χ1) is 14.6. The Kier molecular flexibility index (Phi) is 7.19. The molecule has 0 saturated carbocycles. The van der Waals surface area contributed by atoms with Crippen molar-refractivity contribution in [3.05, 3.63) is 81.5 Å². The Labute approximate surface area is 192 Å². The molecule has 0 heterocycles. The number of hydrogen-bond acceptors (Lipinski definition) is 4.